The molecule has 0 saturated carbocycles. The topological polar surface area (TPSA) is 69.0 Å². The van der Waals surface area contributed by atoms with Crippen LogP contribution in [0.25, 0.3) is 0 Å². The highest BCUT2D eigenvalue weighted by Crippen LogP contribution is 2.20. The molecule has 5 nitrogen and oxygen atoms in total. The van der Waals surface area contributed by atoms with Gasteiger partial charge >= 0.3 is 0 Å². The van der Waals surface area contributed by atoms with Gasteiger partial charge < -0.3 is 10.2 Å². The van der Waals surface area contributed by atoms with Gasteiger partial charge in [-0.15, -0.1) is 0 Å². The Bertz CT molecular complexity index is 817. The quantitative estimate of drug-likeness (QED) is 0.928. The molecule has 1 fully saturated rings. The second-order valence-electron chi connectivity index (χ2n) is 5.88. The van der Waals surface area contributed by atoms with Crippen LogP contribution in [0.2, 0.25) is 0 Å². The molecular weight excluding hydrogens is 326 g/mol. The third-order valence-corrected chi connectivity index (χ3v) is 4.13. The number of pyridine rings is 1. The summed E-state index contributed by atoms with van der Waals surface area (Å²) in [6.45, 7) is 0.633. The summed E-state index contributed by atoms with van der Waals surface area (Å²) in [6, 6.07) is 8.13. The van der Waals surface area contributed by atoms with Crippen molar-refractivity contribution in [1.82, 2.24) is 9.88 Å². The highest BCUT2D eigenvalue weighted by Gasteiger charge is 2.29. The summed E-state index contributed by atoms with van der Waals surface area (Å²) >= 11 is 0. The minimum atomic E-state index is -0.654. The number of carbonyl (C=O) groups is 1. The van der Waals surface area contributed by atoms with Gasteiger partial charge in [-0.2, -0.15) is 5.26 Å². The van der Waals surface area contributed by atoms with E-state index in [1.165, 1.54) is 18.3 Å². The Hall–Kier alpha value is -3.01. The molecule has 1 aliphatic heterocycles. The van der Waals surface area contributed by atoms with Gasteiger partial charge in [0.2, 0.25) is 5.91 Å². The molecule has 0 spiro atoms. The van der Waals surface area contributed by atoms with Crippen LogP contribution in [0.1, 0.15) is 24.1 Å². The Balaban J connectivity index is 1.68. The smallest absolute Gasteiger partial charge is 0.245 e. The number of hydrogen-bond acceptors (Lipinski definition) is 4. The number of carbonyl (C=O) groups excluding carboxylic acids is 1. The van der Waals surface area contributed by atoms with Gasteiger partial charge in [-0.1, -0.05) is 6.07 Å². The highest BCUT2D eigenvalue weighted by molar-refractivity contribution is 5.85. The summed E-state index contributed by atoms with van der Waals surface area (Å²) in [5, 5.41) is 11.9. The number of hydrogen-bond donors (Lipinski definition) is 1. The number of nitrogens with one attached hydrogen (secondary N) is 1. The lowest BCUT2D eigenvalue weighted by Gasteiger charge is -2.33. The first-order chi connectivity index (χ1) is 12.1. The average molecular weight is 342 g/mol. The number of nitriles is 1. The zero-order valence-corrected chi connectivity index (χ0v) is 13.4. The van der Waals surface area contributed by atoms with E-state index in [4.69, 9.17) is 5.26 Å². The average Bonchev–Trinajstić information content (AvgIpc) is 2.61. The van der Waals surface area contributed by atoms with Crippen LogP contribution in [0.15, 0.2) is 36.5 Å². The predicted octanol–water partition coefficient (Wildman–Crippen LogP) is 2.83. The molecule has 2 heterocycles. The standard InChI is InChI=1S/C18H16F2N4O/c19-13-4-3-12(16(20)8-13)11-24-7-1-2-17(18(24)25)23-15-6-5-14(9-21)22-10-15/h3-6,8,10,17,23H,1-2,7,11H2/t17-/m1/s1. The second kappa shape index (κ2) is 7.26. The normalized spacial score (nSPS) is 17.2. The molecule has 0 aliphatic carbocycles. The summed E-state index contributed by atoms with van der Waals surface area (Å²) in [5.41, 5.74) is 1.23. The summed E-state index contributed by atoms with van der Waals surface area (Å²) in [4.78, 5) is 18.2. The number of nitrogens with zero attached hydrogens (tertiary/aromatic N) is 3. The van der Waals surface area contributed by atoms with Gasteiger partial charge in [0.05, 0.1) is 11.9 Å². The fraction of sp³-hybridized carbons (Fsp3) is 0.278. The SMILES string of the molecule is N#Cc1ccc(N[C@@H]2CCCN(Cc3ccc(F)cc3F)C2=O)cn1. The number of halogens is 2. The number of benzene rings is 1. The van der Waals surface area contributed by atoms with Crippen molar-refractivity contribution in [3.05, 3.63) is 59.4 Å². The van der Waals surface area contributed by atoms with Gasteiger partial charge in [0, 0.05) is 24.7 Å². The first-order valence-corrected chi connectivity index (χ1v) is 7.92. The molecule has 0 radical (unpaired) electrons. The largest absolute Gasteiger partial charge is 0.372 e. The van der Waals surface area contributed by atoms with Crippen molar-refractivity contribution in [1.29, 1.82) is 5.26 Å². The number of aromatic nitrogens is 1. The number of amides is 1. The van der Waals surface area contributed by atoms with E-state index in [0.717, 1.165) is 12.5 Å². The summed E-state index contributed by atoms with van der Waals surface area (Å²) < 4.78 is 26.8. The molecule has 0 bridgehead atoms. The first-order valence-electron chi connectivity index (χ1n) is 7.92. The molecule has 1 amide bonds. The first kappa shape index (κ1) is 16.8. The van der Waals surface area contributed by atoms with E-state index in [-0.39, 0.29) is 18.0 Å². The Morgan fingerprint density at radius 2 is 2.16 bits per heavy atom. The summed E-state index contributed by atoms with van der Waals surface area (Å²) in [6.07, 6.45) is 2.93. The van der Waals surface area contributed by atoms with E-state index in [0.29, 0.717) is 24.3 Å². The lowest BCUT2D eigenvalue weighted by Crippen LogP contribution is -2.47. The predicted molar refractivity (Wildman–Crippen MR) is 87.4 cm³/mol. The Kier molecular flexibility index (Phi) is 4.89. The third-order valence-electron chi connectivity index (χ3n) is 4.13. The summed E-state index contributed by atoms with van der Waals surface area (Å²) in [5.74, 6) is -1.43. The molecule has 1 aromatic carbocycles. The van der Waals surface area contributed by atoms with E-state index >= 15 is 0 Å². The number of rotatable bonds is 4. The number of likely N-dealkylation sites (tertiary alicyclic amines) is 1. The molecule has 1 aromatic heterocycles. The van der Waals surface area contributed by atoms with Crippen LogP contribution in [-0.4, -0.2) is 28.4 Å². The molecule has 0 unspecified atom stereocenters. The minimum absolute atomic E-state index is 0.106. The molecule has 3 rings (SSSR count). The zero-order chi connectivity index (χ0) is 17.8. The third kappa shape index (κ3) is 3.91. The van der Waals surface area contributed by atoms with Crippen LogP contribution in [0.3, 0.4) is 0 Å². The lowest BCUT2D eigenvalue weighted by atomic mass is 10.0. The molecule has 128 valence electrons. The maximum absolute atomic E-state index is 13.8. The van der Waals surface area contributed by atoms with Crippen LogP contribution in [-0.2, 0) is 11.3 Å². The molecule has 2 aromatic rings. The highest BCUT2D eigenvalue weighted by atomic mass is 19.1. The minimum Gasteiger partial charge on any atom is -0.372 e. The van der Waals surface area contributed by atoms with Gasteiger partial charge in [-0.3, -0.25) is 4.79 Å². The maximum atomic E-state index is 13.8. The maximum Gasteiger partial charge on any atom is 0.245 e. The van der Waals surface area contributed by atoms with Gasteiger partial charge in [0.15, 0.2) is 0 Å². The fourth-order valence-electron chi connectivity index (χ4n) is 2.83. The van der Waals surface area contributed by atoms with E-state index in [1.807, 2.05) is 6.07 Å². The van der Waals surface area contributed by atoms with Gasteiger partial charge in [-0.25, -0.2) is 13.8 Å². The Morgan fingerprint density at radius 3 is 2.84 bits per heavy atom. The van der Waals surface area contributed by atoms with Crippen LogP contribution in [0.5, 0.6) is 0 Å². The Morgan fingerprint density at radius 1 is 1.32 bits per heavy atom. The van der Waals surface area contributed by atoms with Gasteiger partial charge in [0.25, 0.3) is 0 Å². The summed E-state index contributed by atoms with van der Waals surface area (Å²) in [7, 11) is 0. The van der Waals surface area contributed by atoms with Crippen molar-refractivity contribution < 1.29 is 13.6 Å². The van der Waals surface area contributed by atoms with Crippen LogP contribution in [0, 0.1) is 23.0 Å². The molecule has 1 atom stereocenters. The van der Waals surface area contributed by atoms with Gasteiger partial charge in [-0.05, 0) is 31.0 Å². The molecule has 7 heteroatoms. The van der Waals surface area contributed by atoms with Crippen molar-refractivity contribution in [2.45, 2.75) is 25.4 Å². The van der Waals surface area contributed by atoms with E-state index in [9.17, 15) is 13.6 Å². The van der Waals surface area contributed by atoms with Gasteiger partial charge in [0.1, 0.15) is 29.4 Å². The second-order valence-corrected chi connectivity index (χ2v) is 5.88. The number of piperidine rings is 1. The fourth-order valence-corrected chi connectivity index (χ4v) is 2.83. The van der Waals surface area contributed by atoms with Crippen LogP contribution >= 0.6 is 0 Å². The lowest BCUT2D eigenvalue weighted by molar-refractivity contribution is -0.134. The van der Waals surface area contributed by atoms with Crippen LogP contribution in [0.4, 0.5) is 14.5 Å². The Labute approximate surface area is 143 Å². The van der Waals surface area contributed by atoms with E-state index in [1.54, 1.807) is 17.0 Å². The van der Waals surface area contributed by atoms with Crippen molar-refractivity contribution in [2.75, 3.05) is 11.9 Å². The van der Waals surface area contributed by atoms with Crippen molar-refractivity contribution in [3.8, 4) is 6.07 Å². The van der Waals surface area contributed by atoms with Crippen LogP contribution < -0.4 is 5.32 Å². The zero-order valence-electron chi connectivity index (χ0n) is 13.4. The van der Waals surface area contributed by atoms with E-state index in [2.05, 4.69) is 10.3 Å². The molecule has 1 aliphatic rings. The van der Waals surface area contributed by atoms with Crippen molar-refractivity contribution >= 4 is 11.6 Å². The molecule has 1 saturated heterocycles. The van der Waals surface area contributed by atoms with Crippen molar-refractivity contribution in [2.24, 2.45) is 0 Å². The molecule has 1 N–H and O–H groups in total. The number of anilines is 1. The molecule has 25 heavy (non-hydrogen) atoms. The molecular formula is C18H16F2N4O. The van der Waals surface area contributed by atoms with E-state index < -0.39 is 17.7 Å². The monoisotopic (exact) mass is 342 g/mol. The van der Waals surface area contributed by atoms with Crippen molar-refractivity contribution in [3.63, 3.8) is 0 Å².